The molecular formula is C9H14N2OS. The zero-order valence-corrected chi connectivity index (χ0v) is 8.35. The molecule has 1 unspecified atom stereocenters. The predicted molar refractivity (Wildman–Crippen MR) is 53.9 cm³/mol. The third-order valence-electron chi connectivity index (χ3n) is 2.25. The molecule has 13 heavy (non-hydrogen) atoms. The first-order chi connectivity index (χ1) is 6.40. The Labute approximate surface area is 82.1 Å². The maximum Gasteiger partial charge on any atom is 0.198 e. The summed E-state index contributed by atoms with van der Waals surface area (Å²) < 4.78 is 5.42. The zero-order chi connectivity index (χ0) is 9.10. The van der Waals surface area contributed by atoms with Crippen LogP contribution in [-0.4, -0.2) is 23.0 Å². The molecule has 1 fully saturated rings. The van der Waals surface area contributed by atoms with Gasteiger partial charge in [0.2, 0.25) is 0 Å². The first-order valence-electron chi connectivity index (χ1n) is 4.62. The molecule has 0 radical (unpaired) electrons. The second kappa shape index (κ2) is 4.15. The van der Waals surface area contributed by atoms with Crippen LogP contribution in [0.3, 0.4) is 0 Å². The Bertz CT molecular complexity index is 268. The van der Waals surface area contributed by atoms with Gasteiger partial charge in [-0.1, -0.05) is 0 Å². The minimum absolute atomic E-state index is 0.538. The van der Waals surface area contributed by atoms with Crippen molar-refractivity contribution in [1.29, 1.82) is 0 Å². The molecule has 1 atom stereocenters. The monoisotopic (exact) mass is 198 g/mol. The fourth-order valence-corrected chi connectivity index (χ4v) is 2.71. The summed E-state index contributed by atoms with van der Waals surface area (Å²) >= 11 is 1.97. The summed E-state index contributed by atoms with van der Waals surface area (Å²) in [5, 5.41) is 0. The first-order valence-corrected chi connectivity index (χ1v) is 5.77. The molecule has 4 heteroatoms. The van der Waals surface area contributed by atoms with Crippen LogP contribution in [0, 0.1) is 0 Å². The first kappa shape index (κ1) is 9.09. The van der Waals surface area contributed by atoms with Gasteiger partial charge < -0.3 is 10.2 Å². The molecular weight excluding hydrogens is 184 g/mol. The number of oxazole rings is 1. The number of thioether (sulfide) groups is 1. The third kappa shape index (κ3) is 2.06. The van der Waals surface area contributed by atoms with E-state index in [-0.39, 0.29) is 0 Å². The molecule has 0 aromatic carbocycles. The highest BCUT2D eigenvalue weighted by atomic mass is 32.2. The molecule has 1 saturated heterocycles. The van der Waals surface area contributed by atoms with E-state index < -0.39 is 0 Å². The fraction of sp³-hybridized carbons (Fsp3) is 0.667. The van der Waals surface area contributed by atoms with Crippen molar-refractivity contribution in [3.8, 4) is 0 Å². The lowest BCUT2D eigenvalue weighted by atomic mass is 10.1. The van der Waals surface area contributed by atoms with E-state index in [0.29, 0.717) is 12.5 Å². The average molecular weight is 198 g/mol. The molecule has 1 aliphatic heterocycles. The molecule has 0 amide bonds. The van der Waals surface area contributed by atoms with Gasteiger partial charge in [-0.2, -0.15) is 11.8 Å². The normalized spacial score (nSPS) is 22.4. The molecule has 0 spiro atoms. The third-order valence-corrected chi connectivity index (χ3v) is 3.41. The van der Waals surface area contributed by atoms with Gasteiger partial charge in [-0.3, -0.25) is 0 Å². The zero-order valence-electron chi connectivity index (χ0n) is 7.53. The van der Waals surface area contributed by atoms with E-state index in [1.807, 2.05) is 11.8 Å². The van der Waals surface area contributed by atoms with Crippen molar-refractivity contribution in [3.05, 3.63) is 17.8 Å². The summed E-state index contributed by atoms with van der Waals surface area (Å²) in [6.45, 7) is 0.644. The minimum atomic E-state index is 0.538. The maximum absolute atomic E-state index is 5.44. The van der Waals surface area contributed by atoms with E-state index >= 15 is 0 Å². The second-order valence-electron chi connectivity index (χ2n) is 3.28. The van der Waals surface area contributed by atoms with Crippen LogP contribution in [0.5, 0.6) is 0 Å². The van der Waals surface area contributed by atoms with E-state index in [2.05, 4.69) is 4.98 Å². The Morgan fingerprint density at radius 1 is 1.69 bits per heavy atom. The van der Waals surface area contributed by atoms with Gasteiger partial charge in [-0.05, 0) is 18.7 Å². The molecule has 1 aromatic rings. The van der Waals surface area contributed by atoms with Crippen LogP contribution in [0.2, 0.25) is 0 Å². The van der Waals surface area contributed by atoms with E-state index in [0.717, 1.165) is 23.8 Å². The van der Waals surface area contributed by atoms with Gasteiger partial charge in [0.15, 0.2) is 5.89 Å². The Morgan fingerprint density at radius 3 is 3.31 bits per heavy atom. The summed E-state index contributed by atoms with van der Waals surface area (Å²) in [7, 11) is 0. The summed E-state index contributed by atoms with van der Waals surface area (Å²) in [4.78, 5) is 4.42. The van der Waals surface area contributed by atoms with Crippen LogP contribution in [0.15, 0.2) is 10.7 Å². The summed E-state index contributed by atoms with van der Waals surface area (Å²) in [5.74, 6) is 3.84. The number of hydrogen-bond acceptors (Lipinski definition) is 4. The standard InChI is InChI=1S/C9H14N2OS/c10-3-1-8-5-12-9(11-8)7-2-4-13-6-7/h5,7H,1-4,6,10H2. The molecule has 2 rings (SSSR count). The van der Waals surface area contributed by atoms with Crippen molar-refractivity contribution in [3.63, 3.8) is 0 Å². The number of nitrogens with zero attached hydrogens (tertiary/aromatic N) is 1. The molecule has 1 aromatic heterocycles. The van der Waals surface area contributed by atoms with Gasteiger partial charge in [0.25, 0.3) is 0 Å². The maximum atomic E-state index is 5.44. The summed E-state index contributed by atoms with van der Waals surface area (Å²) in [6.07, 6.45) is 3.77. The van der Waals surface area contributed by atoms with E-state index in [1.165, 1.54) is 12.2 Å². The Morgan fingerprint density at radius 2 is 2.62 bits per heavy atom. The van der Waals surface area contributed by atoms with Gasteiger partial charge in [-0.15, -0.1) is 0 Å². The van der Waals surface area contributed by atoms with E-state index in [1.54, 1.807) is 6.26 Å². The molecule has 0 saturated carbocycles. The number of rotatable bonds is 3. The van der Waals surface area contributed by atoms with Crippen LogP contribution in [0.1, 0.15) is 23.9 Å². The van der Waals surface area contributed by atoms with Crippen molar-refractivity contribution >= 4 is 11.8 Å². The van der Waals surface area contributed by atoms with Crippen molar-refractivity contribution in [2.75, 3.05) is 18.1 Å². The Balaban J connectivity index is 2.03. The van der Waals surface area contributed by atoms with Crippen LogP contribution < -0.4 is 5.73 Å². The highest BCUT2D eigenvalue weighted by molar-refractivity contribution is 7.99. The largest absolute Gasteiger partial charge is 0.448 e. The highest BCUT2D eigenvalue weighted by Gasteiger charge is 2.21. The predicted octanol–water partition coefficient (Wildman–Crippen LogP) is 1.40. The Hall–Kier alpha value is -0.480. The van der Waals surface area contributed by atoms with Crippen LogP contribution in [-0.2, 0) is 6.42 Å². The summed E-state index contributed by atoms with van der Waals surface area (Å²) in [6, 6.07) is 0. The van der Waals surface area contributed by atoms with Gasteiger partial charge in [0.1, 0.15) is 6.26 Å². The molecule has 72 valence electrons. The SMILES string of the molecule is NCCc1coc(C2CCSC2)n1. The van der Waals surface area contributed by atoms with Crippen molar-refractivity contribution in [1.82, 2.24) is 4.98 Å². The quantitative estimate of drug-likeness (QED) is 0.797. The van der Waals surface area contributed by atoms with Crippen molar-refractivity contribution < 1.29 is 4.42 Å². The molecule has 0 bridgehead atoms. The van der Waals surface area contributed by atoms with E-state index in [9.17, 15) is 0 Å². The minimum Gasteiger partial charge on any atom is -0.448 e. The topological polar surface area (TPSA) is 52.0 Å². The summed E-state index contributed by atoms with van der Waals surface area (Å²) in [5.41, 5.74) is 6.43. The van der Waals surface area contributed by atoms with Crippen molar-refractivity contribution in [2.24, 2.45) is 5.73 Å². The highest BCUT2D eigenvalue weighted by Crippen LogP contribution is 2.31. The van der Waals surface area contributed by atoms with Crippen LogP contribution >= 0.6 is 11.8 Å². The lowest BCUT2D eigenvalue weighted by Crippen LogP contribution is -2.03. The molecule has 2 heterocycles. The molecule has 1 aliphatic rings. The smallest absolute Gasteiger partial charge is 0.198 e. The molecule has 0 aliphatic carbocycles. The molecule has 3 nitrogen and oxygen atoms in total. The van der Waals surface area contributed by atoms with Gasteiger partial charge in [0, 0.05) is 18.1 Å². The number of aromatic nitrogens is 1. The lowest BCUT2D eigenvalue weighted by Gasteiger charge is -1.99. The Kier molecular flexibility index (Phi) is 2.90. The van der Waals surface area contributed by atoms with Gasteiger partial charge in [0.05, 0.1) is 5.69 Å². The van der Waals surface area contributed by atoms with Gasteiger partial charge in [-0.25, -0.2) is 4.98 Å². The van der Waals surface area contributed by atoms with Gasteiger partial charge >= 0.3 is 0 Å². The van der Waals surface area contributed by atoms with Crippen molar-refractivity contribution in [2.45, 2.75) is 18.8 Å². The second-order valence-corrected chi connectivity index (χ2v) is 4.43. The number of hydrogen-bond donors (Lipinski definition) is 1. The lowest BCUT2D eigenvalue weighted by molar-refractivity contribution is 0.461. The van der Waals surface area contributed by atoms with Crippen LogP contribution in [0.25, 0.3) is 0 Å². The number of nitrogens with two attached hydrogens (primary N) is 1. The fourth-order valence-electron chi connectivity index (χ4n) is 1.50. The van der Waals surface area contributed by atoms with E-state index in [4.69, 9.17) is 10.2 Å². The molecule has 2 N–H and O–H groups in total. The average Bonchev–Trinajstić information content (AvgIpc) is 2.70. The van der Waals surface area contributed by atoms with Crippen LogP contribution in [0.4, 0.5) is 0 Å².